The molecule has 0 fully saturated rings. The van der Waals surface area contributed by atoms with E-state index in [0.717, 1.165) is 11.0 Å². The predicted octanol–water partition coefficient (Wildman–Crippen LogP) is 1.39. The van der Waals surface area contributed by atoms with Gasteiger partial charge in [-0.25, -0.2) is 0 Å². The topological polar surface area (TPSA) is 0 Å². The van der Waals surface area contributed by atoms with Crippen LogP contribution in [0.4, 0.5) is 0 Å². The third-order valence-corrected chi connectivity index (χ3v) is 1.90. The van der Waals surface area contributed by atoms with Crippen LogP contribution in [0.3, 0.4) is 0 Å². The van der Waals surface area contributed by atoms with Crippen molar-refractivity contribution < 1.29 is 0 Å². The maximum Gasteiger partial charge on any atom is 0.114 e. The van der Waals surface area contributed by atoms with Gasteiger partial charge in [-0.2, -0.15) is 0 Å². The van der Waals surface area contributed by atoms with Gasteiger partial charge in [-0.15, -0.1) is 0 Å². The Kier molecular flexibility index (Phi) is 2.16. The van der Waals surface area contributed by atoms with E-state index in [0.29, 0.717) is 0 Å². The second-order valence-electron chi connectivity index (χ2n) is 2.00. The molecule has 1 aromatic carbocycles. The first-order valence-corrected chi connectivity index (χ1v) is 3.79. The highest BCUT2D eigenvalue weighted by molar-refractivity contribution is 14.1. The van der Waals surface area contributed by atoms with E-state index in [9.17, 15) is 0 Å². The van der Waals surface area contributed by atoms with E-state index in [1.165, 1.54) is 3.57 Å². The Morgan fingerprint density at radius 1 is 1.44 bits per heavy atom. The van der Waals surface area contributed by atoms with E-state index < -0.39 is 0 Å². The Morgan fingerprint density at radius 2 is 2.11 bits per heavy atom. The van der Waals surface area contributed by atoms with E-state index in [4.69, 9.17) is 7.85 Å². The van der Waals surface area contributed by atoms with Gasteiger partial charge >= 0.3 is 0 Å². The Labute approximate surface area is 70.2 Å². The highest BCUT2D eigenvalue weighted by Gasteiger charge is 1.89. The minimum Gasteiger partial charge on any atom is -0.0937 e. The lowest BCUT2D eigenvalue weighted by Crippen LogP contribution is -2.05. The van der Waals surface area contributed by atoms with Crippen molar-refractivity contribution in [2.24, 2.45) is 0 Å². The third kappa shape index (κ3) is 1.71. The molecule has 0 aromatic heterocycles. The maximum absolute atomic E-state index is 5.59. The molecule has 0 nitrogen and oxygen atoms in total. The van der Waals surface area contributed by atoms with E-state index >= 15 is 0 Å². The molecule has 0 aliphatic heterocycles. The summed E-state index contributed by atoms with van der Waals surface area (Å²) in [5.41, 5.74) is 2.03. The van der Waals surface area contributed by atoms with Crippen LogP contribution in [-0.2, 0) is 0 Å². The Balaban J connectivity index is 3.17. The molecule has 0 amide bonds. The van der Waals surface area contributed by atoms with Crippen molar-refractivity contribution in [2.75, 3.05) is 0 Å². The maximum atomic E-state index is 5.59. The first-order valence-electron chi connectivity index (χ1n) is 2.72. The van der Waals surface area contributed by atoms with Gasteiger partial charge in [-0.05, 0) is 41.6 Å². The second-order valence-corrected chi connectivity index (χ2v) is 3.25. The zero-order valence-corrected chi connectivity index (χ0v) is 7.34. The van der Waals surface area contributed by atoms with Crippen LogP contribution in [-0.4, -0.2) is 7.85 Å². The van der Waals surface area contributed by atoms with Crippen LogP contribution in [0.25, 0.3) is 0 Å². The molecule has 0 heterocycles. The van der Waals surface area contributed by atoms with Crippen LogP contribution in [0, 0.1) is 10.5 Å². The largest absolute Gasteiger partial charge is 0.114 e. The fourth-order valence-electron chi connectivity index (χ4n) is 0.639. The highest BCUT2D eigenvalue weighted by Crippen LogP contribution is 2.03. The number of benzene rings is 1. The van der Waals surface area contributed by atoms with Crippen molar-refractivity contribution in [1.82, 2.24) is 0 Å². The molecule has 0 aliphatic carbocycles. The average molecular weight is 228 g/mol. The number of aryl methyl sites for hydroxylation is 1. The molecule has 0 saturated heterocycles. The predicted molar refractivity (Wildman–Crippen MR) is 49.3 cm³/mol. The molecule has 1 aromatic rings. The van der Waals surface area contributed by atoms with E-state index in [2.05, 4.69) is 28.7 Å². The van der Waals surface area contributed by atoms with Crippen LogP contribution in [0.5, 0.6) is 0 Å². The summed E-state index contributed by atoms with van der Waals surface area (Å²) in [7, 11) is 5.59. The van der Waals surface area contributed by atoms with Crippen molar-refractivity contribution in [3.63, 3.8) is 0 Å². The molecule has 9 heavy (non-hydrogen) atoms. The van der Waals surface area contributed by atoms with Gasteiger partial charge in [-0.1, -0.05) is 17.1 Å². The molecule has 0 atom stereocenters. The Hall–Kier alpha value is 0.0149. The standard InChI is InChI=1S/C7H6BI/c1-5-4-6(9)2-3-7(5)8/h2-4H,1H3. The van der Waals surface area contributed by atoms with E-state index in [1.807, 2.05) is 19.1 Å². The molecule has 2 radical (unpaired) electrons. The first kappa shape index (κ1) is 7.13. The zero-order chi connectivity index (χ0) is 6.85. The van der Waals surface area contributed by atoms with Gasteiger partial charge in [0.1, 0.15) is 7.85 Å². The molecular formula is C7H6BI. The zero-order valence-electron chi connectivity index (χ0n) is 5.19. The van der Waals surface area contributed by atoms with Crippen molar-refractivity contribution in [3.05, 3.63) is 27.3 Å². The fraction of sp³-hybridized carbons (Fsp3) is 0.143. The quantitative estimate of drug-likeness (QED) is 0.464. The smallest absolute Gasteiger partial charge is 0.0937 e. The summed E-state index contributed by atoms with van der Waals surface area (Å²) in [5, 5.41) is 0. The first-order chi connectivity index (χ1) is 4.20. The van der Waals surface area contributed by atoms with Gasteiger partial charge in [0.2, 0.25) is 0 Å². The number of hydrogen-bond donors (Lipinski definition) is 0. The molecule has 1 rings (SSSR count). The SMILES string of the molecule is [B]c1ccc(I)cc1C. The van der Waals surface area contributed by atoms with Crippen molar-refractivity contribution in [3.8, 4) is 0 Å². The summed E-state index contributed by atoms with van der Waals surface area (Å²) in [4.78, 5) is 0. The van der Waals surface area contributed by atoms with Gasteiger partial charge in [0.05, 0.1) is 0 Å². The average Bonchev–Trinajstić information content (AvgIpc) is 1.80. The van der Waals surface area contributed by atoms with Crippen molar-refractivity contribution in [1.29, 1.82) is 0 Å². The molecule has 0 bridgehead atoms. The molecule has 0 spiro atoms. The lowest BCUT2D eigenvalue weighted by molar-refractivity contribution is 1.49. The summed E-state index contributed by atoms with van der Waals surface area (Å²) in [6.45, 7) is 2.01. The molecule has 0 unspecified atom stereocenters. The van der Waals surface area contributed by atoms with Gasteiger partial charge < -0.3 is 0 Å². The van der Waals surface area contributed by atoms with Gasteiger partial charge in [0, 0.05) is 3.57 Å². The molecule has 0 saturated carbocycles. The van der Waals surface area contributed by atoms with E-state index in [1.54, 1.807) is 0 Å². The molecular weight excluding hydrogens is 222 g/mol. The summed E-state index contributed by atoms with van der Waals surface area (Å²) < 4.78 is 1.24. The highest BCUT2D eigenvalue weighted by atomic mass is 127. The summed E-state index contributed by atoms with van der Waals surface area (Å²) >= 11 is 2.27. The minimum atomic E-state index is 0.871. The lowest BCUT2D eigenvalue weighted by atomic mass is 9.92. The lowest BCUT2D eigenvalue weighted by Gasteiger charge is -1.97. The van der Waals surface area contributed by atoms with E-state index in [-0.39, 0.29) is 0 Å². The summed E-state index contributed by atoms with van der Waals surface area (Å²) in [6, 6.07) is 6.00. The Bertz CT molecular complexity index is 220. The van der Waals surface area contributed by atoms with Gasteiger partial charge in [0.15, 0.2) is 0 Å². The number of rotatable bonds is 0. The second kappa shape index (κ2) is 2.73. The summed E-state index contributed by atoms with van der Waals surface area (Å²) in [5.74, 6) is 0. The molecule has 44 valence electrons. The molecule has 0 aliphatic rings. The summed E-state index contributed by atoms with van der Waals surface area (Å²) in [6.07, 6.45) is 0. The fourth-order valence-corrected chi connectivity index (χ4v) is 1.29. The van der Waals surface area contributed by atoms with Crippen LogP contribution < -0.4 is 5.46 Å². The van der Waals surface area contributed by atoms with Crippen LogP contribution in [0.1, 0.15) is 5.56 Å². The number of halogens is 1. The molecule has 0 N–H and O–H groups in total. The van der Waals surface area contributed by atoms with Crippen LogP contribution >= 0.6 is 22.6 Å². The van der Waals surface area contributed by atoms with Gasteiger partial charge in [-0.3, -0.25) is 0 Å². The van der Waals surface area contributed by atoms with Crippen molar-refractivity contribution in [2.45, 2.75) is 6.92 Å². The van der Waals surface area contributed by atoms with Crippen LogP contribution in [0.2, 0.25) is 0 Å². The molecule has 2 heteroatoms. The van der Waals surface area contributed by atoms with Gasteiger partial charge in [0.25, 0.3) is 0 Å². The van der Waals surface area contributed by atoms with Crippen molar-refractivity contribution >= 4 is 35.9 Å². The minimum absolute atomic E-state index is 0.871. The number of hydrogen-bond acceptors (Lipinski definition) is 0. The third-order valence-electron chi connectivity index (χ3n) is 1.23. The monoisotopic (exact) mass is 228 g/mol. The Morgan fingerprint density at radius 3 is 2.56 bits per heavy atom. The normalized spacial score (nSPS) is 9.56. The van der Waals surface area contributed by atoms with Crippen LogP contribution in [0.15, 0.2) is 18.2 Å².